The van der Waals surface area contributed by atoms with E-state index in [1.807, 2.05) is 6.07 Å². The minimum absolute atomic E-state index is 0.145. The van der Waals surface area contributed by atoms with Gasteiger partial charge in [0.25, 0.3) is 17.7 Å². The summed E-state index contributed by atoms with van der Waals surface area (Å²) in [5, 5.41) is 2.31. The number of thiophene rings is 1. The Hall–Kier alpha value is -2.74. The standard InChI is InChI=1S/C20H22FN3O3S/c1-2-12-7-8-16-13(9-12)10-17(28-16)20(27)24-23-18(25)11-22-19(26)14-5-3-4-6-15(14)21/h3-6,10,12H,2,7-9,11H2,1H3,(H,22,26)(H,23,25)(H,24,27)/t12-/m0/s1. The SMILES string of the molecule is CC[C@H]1CCc2sc(C(=O)NNC(=O)CNC(=O)c3ccccc3F)cc2C1. The van der Waals surface area contributed by atoms with Crippen LogP contribution in [0.1, 0.15) is 50.2 Å². The Balaban J connectivity index is 1.47. The third-order valence-corrected chi connectivity index (χ3v) is 6.07. The Labute approximate surface area is 166 Å². The highest BCUT2D eigenvalue weighted by Gasteiger charge is 2.22. The van der Waals surface area contributed by atoms with Crippen LogP contribution in [0.15, 0.2) is 30.3 Å². The first kappa shape index (κ1) is 20.0. The van der Waals surface area contributed by atoms with Gasteiger partial charge in [0, 0.05) is 4.88 Å². The van der Waals surface area contributed by atoms with Gasteiger partial charge < -0.3 is 5.32 Å². The first-order valence-electron chi connectivity index (χ1n) is 9.21. The molecule has 3 amide bonds. The minimum atomic E-state index is -0.698. The molecule has 0 fully saturated rings. The van der Waals surface area contributed by atoms with Crippen molar-refractivity contribution < 1.29 is 18.8 Å². The van der Waals surface area contributed by atoms with Crippen molar-refractivity contribution in [3.63, 3.8) is 0 Å². The number of carbonyl (C=O) groups is 3. The lowest BCUT2D eigenvalue weighted by Gasteiger charge is -2.19. The summed E-state index contributed by atoms with van der Waals surface area (Å²) < 4.78 is 13.5. The summed E-state index contributed by atoms with van der Waals surface area (Å²) in [5.74, 6) is -1.70. The second-order valence-corrected chi connectivity index (χ2v) is 7.88. The molecule has 1 aliphatic rings. The van der Waals surface area contributed by atoms with Crippen molar-refractivity contribution in [2.24, 2.45) is 5.92 Å². The highest BCUT2D eigenvalue weighted by Crippen LogP contribution is 2.33. The Bertz CT molecular complexity index is 897. The van der Waals surface area contributed by atoms with Gasteiger partial charge in [-0.15, -0.1) is 11.3 Å². The van der Waals surface area contributed by atoms with Crippen molar-refractivity contribution in [1.82, 2.24) is 16.2 Å². The number of hydrazine groups is 1. The van der Waals surface area contributed by atoms with E-state index in [0.29, 0.717) is 10.8 Å². The van der Waals surface area contributed by atoms with Crippen LogP contribution in [0.25, 0.3) is 0 Å². The van der Waals surface area contributed by atoms with Gasteiger partial charge in [-0.1, -0.05) is 25.5 Å². The number of nitrogens with one attached hydrogen (secondary N) is 3. The van der Waals surface area contributed by atoms with Gasteiger partial charge in [-0.3, -0.25) is 25.2 Å². The topological polar surface area (TPSA) is 87.3 Å². The zero-order valence-corrected chi connectivity index (χ0v) is 16.3. The van der Waals surface area contributed by atoms with E-state index in [4.69, 9.17) is 0 Å². The molecule has 1 atom stereocenters. The largest absolute Gasteiger partial charge is 0.343 e. The molecule has 8 heteroatoms. The minimum Gasteiger partial charge on any atom is -0.343 e. The fourth-order valence-electron chi connectivity index (χ4n) is 3.19. The maximum Gasteiger partial charge on any atom is 0.279 e. The van der Waals surface area contributed by atoms with Crippen molar-refractivity contribution in [2.45, 2.75) is 32.6 Å². The Morgan fingerprint density at radius 3 is 2.71 bits per heavy atom. The molecule has 0 aliphatic heterocycles. The van der Waals surface area contributed by atoms with Crippen molar-refractivity contribution in [2.75, 3.05) is 6.54 Å². The third kappa shape index (κ3) is 4.75. The van der Waals surface area contributed by atoms with Crippen molar-refractivity contribution in [3.8, 4) is 0 Å². The summed E-state index contributed by atoms with van der Waals surface area (Å²) in [5.41, 5.74) is 5.69. The predicted octanol–water partition coefficient (Wildman–Crippen LogP) is 2.59. The number of benzene rings is 1. The summed E-state index contributed by atoms with van der Waals surface area (Å²) in [6.07, 6.45) is 4.25. The van der Waals surface area contributed by atoms with Gasteiger partial charge in [-0.2, -0.15) is 0 Å². The van der Waals surface area contributed by atoms with Crippen LogP contribution in [0.5, 0.6) is 0 Å². The molecule has 0 radical (unpaired) electrons. The molecule has 3 rings (SSSR count). The van der Waals surface area contributed by atoms with E-state index in [-0.39, 0.29) is 18.0 Å². The van der Waals surface area contributed by atoms with Gasteiger partial charge in [0.2, 0.25) is 0 Å². The number of aryl methyl sites for hydroxylation is 1. The molecule has 0 spiro atoms. The predicted molar refractivity (Wildman–Crippen MR) is 104 cm³/mol. The highest BCUT2D eigenvalue weighted by molar-refractivity contribution is 7.14. The molecule has 1 aliphatic carbocycles. The summed E-state index contributed by atoms with van der Waals surface area (Å²) in [7, 11) is 0. The first-order chi connectivity index (χ1) is 13.5. The maximum absolute atomic E-state index is 13.5. The maximum atomic E-state index is 13.5. The average molecular weight is 403 g/mol. The number of amides is 3. The monoisotopic (exact) mass is 403 g/mol. The van der Waals surface area contributed by atoms with E-state index in [0.717, 1.165) is 25.7 Å². The number of hydrogen-bond donors (Lipinski definition) is 3. The summed E-state index contributed by atoms with van der Waals surface area (Å²) in [4.78, 5) is 37.8. The van der Waals surface area contributed by atoms with Crippen LogP contribution in [-0.4, -0.2) is 24.3 Å². The van der Waals surface area contributed by atoms with Crippen LogP contribution in [0.2, 0.25) is 0 Å². The van der Waals surface area contributed by atoms with E-state index in [1.165, 1.54) is 46.0 Å². The molecule has 0 saturated heterocycles. The number of carbonyl (C=O) groups excluding carboxylic acids is 3. The molecular formula is C20H22FN3O3S. The van der Waals surface area contributed by atoms with E-state index < -0.39 is 17.6 Å². The van der Waals surface area contributed by atoms with Crippen LogP contribution in [0.3, 0.4) is 0 Å². The van der Waals surface area contributed by atoms with Crippen molar-refractivity contribution in [1.29, 1.82) is 0 Å². The normalized spacial score (nSPS) is 15.4. The second-order valence-electron chi connectivity index (χ2n) is 6.74. The summed E-state index contributed by atoms with van der Waals surface area (Å²) >= 11 is 1.45. The van der Waals surface area contributed by atoms with Gasteiger partial charge in [0.05, 0.1) is 17.0 Å². The number of hydrogen-bond acceptors (Lipinski definition) is 4. The molecule has 0 unspecified atom stereocenters. The molecule has 6 nitrogen and oxygen atoms in total. The number of fused-ring (bicyclic) bond motifs is 1. The zero-order chi connectivity index (χ0) is 20.1. The highest BCUT2D eigenvalue weighted by atomic mass is 32.1. The smallest absolute Gasteiger partial charge is 0.279 e. The quantitative estimate of drug-likeness (QED) is 0.671. The van der Waals surface area contributed by atoms with Gasteiger partial charge in [0.15, 0.2) is 0 Å². The molecule has 1 aromatic heterocycles. The lowest BCUT2D eigenvalue weighted by Crippen LogP contribution is -2.46. The van der Waals surface area contributed by atoms with Gasteiger partial charge >= 0.3 is 0 Å². The number of halogens is 1. The molecule has 0 saturated carbocycles. The molecule has 1 heterocycles. The molecule has 148 valence electrons. The fraction of sp³-hybridized carbons (Fsp3) is 0.350. The Kier molecular flexibility index (Phi) is 6.41. The van der Waals surface area contributed by atoms with Crippen molar-refractivity contribution in [3.05, 3.63) is 57.0 Å². The van der Waals surface area contributed by atoms with Gasteiger partial charge in [0.1, 0.15) is 5.82 Å². The molecular weight excluding hydrogens is 381 g/mol. The first-order valence-corrected chi connectivity index (χ1v) is 10.0. The summed E-state index contributed by atoms with van der Waals surface area (Å²) in [6, 6.07) is 7.38. The Morgan fingerprint density at radius 1 is 1.18 bits per heavy atom. The van der Waals surface area contributed by atoms with Crippen molar-refractivity contribution >= 4 is 29.1 Å². The average Bonchev–Trinajstić information content (AvgIpc) is 3.13. The van der Waals surface area contributed by atoms with E-state index in [2.05, 4.69) is 23.1 Å². The molecule has 2 aromatic rings. The Morgan fingerprint density at radius 2 is 1.96 bits per heavy atom. The van der Waals surface area contributed by atoms with Crippen LogP contribution in [-0.2, 0) is 17.6 Å². The van der Waals surface area contributed by atoms with Gasteiger partial charge in [-0.05, 0) is 48.9 Å². The molecule has 1 aromatic carbocycles. The third-order valence-electron chi connectivity index (χ3n) is 4.83. The second kappa shape index (κ2) is 8.97. The van der Waals surface area contributed by atoms with E-state index in [1.54, 1.807) is 0 Å². The van der Waals surface area contributed by atoms with E-state index in [9.17, 15) is 18.8 Å². The molecule has 3 N–H and O–H groups in total. The van der Waals surface area contributed by atoms with Crippen LogP contribution < -0.4 is 16.2 Å². The number of rotatable bonds is 5. The zero-order valence-electron chi connectivity index (χ0n) is 15.5. The van der Waals surface area contributed by atoms with Gasteiger partial charge in [-0.25, -0.2) is 4.39 Å². The fourth-order valence-corrected chi connectivity index (χ4v) is 4.30. The lowest BCUT2D eigenvalue weighted by atomic mass is 9.87. The van der Waals surface area contributed by atoms with Crippen LogP contribution >= 0.6 is 11.3 Å². The lowest BCUT2D eigenvalue weighted by molar-refractivity contribution is -0.120. The summed E-state index contributed by atoms with van der Waals surface area (Å²) in [6.45, 7) is 1.79. The molecule has 0 bridgehead atoms. The molecule has 28 heavy (non-hydrogen) atoms. The van der Waals surface area contributed by atoms with E-state index >= 15 is 0 Å². The van der Waals surface area contributed by atoms with Crippen LogP contribution in [0, 0.1) is 11.7 Å². The van der Waals surface area contributed by atoms with Crippen LogP contribution in [0.4, 0.5) is 4.39 Å².